The SMILES string of the molecule is Cn1cc2c(c1)CN(N)C2. The van der Waals surface area contributed by atoms with Crippen molar-refractivity contribution in [2.24, 2.45) is 12.9 Å². The summed E-state index contributed by atoms with van der Waals surface area (Å²) in [6.45, 7) is 1.80. The third-order valence-electron chi connectivity index (χ3n) is 1.88. The number of rotatable bonds is 0. The Kier molecular flexibility index (Phi) is 1.09. The molecular weight excluding hydrogens is 126 g/mol. The molecule has 0 aromatic carbocycles. The van der Waals surface area contributed by atoms with E-state index >= 15 is 0 Å². The molecule has 3 heteroatoms. The van der Waals surface area contributed by atoms with Crippen molar-refractivity contribution in [1.29, 1.82) is 0 Å². The Hall–Kier alpha value is -0.800. The van der Waals surface area contributed by atoms with Gasteiger partial charge in [-0.05, 0) is 11.1 Å². The van der Waals surface area contributed by atoms with E-state index in [2.05, 4.69) is 17.0 Å². The van der Waals surface area contributed by atoms with Crippen molar-refractivity contribution in [3.63, 3.8) is 0 Å². The van der Waals surface area contributed by atoms with Gasteiger partial charge in [-0.3, -0.25) is 5.84 Å². The van der Waals surface area contributed by atoms with Crippen molar-refractivity contribution in [1.82, 2.24) is 9.58 Å². The molecule has 0 saturated carbocycles. The van der Waals surface area contributed by atoms with Crippen LogP contribution in [-0.2, 0) is 20.1 Å². The Morgan fingerprint density at radius 2 is 1.80 bits per heavy atom. The first-order chi connectivity index (χ1) is 4.75. The number of nitrogens with two attached hydrogens (primary N) is 1. The second kappa shape index (κ2) is 1.84. The summed E-state index contributed by atoms with van der Waals surface area (Å²) < 4.78 is 2.08. The lowest BCUT2D eigenvalue weighted by Crippen LogP contribution is -2.24. The molecule has 3 nitrogen and oxygen atoms in total. The monoisotopic (exact) mass is 137 g/mol. The molecule has 1 aromatic rings. The van der Waals surface area contributed by atoms with Crippen LogP contribution in [0.2, 0.25) is 0 Å². The van der Waals surface area contributed by atoms with Gasteiger partial charge in [-0.25, -0.2) is 5.01 Å². The van der Waals surface area contributed by atoms with Gasteiger partial charge in [0.15, 0.2) is 0 Å². The summed E-state index contributed by atoms with van der Waals surface area (Å²) in [5.41, 5.74) is 2.73. The van der Waals surface area contributed by atoms with Crippen LogP contribution in [0, 0.1) is 0 Å². The van der Waals surface area contributed by atoms with Crippen LogP contribution >= 0.6 is 0 Å². The zero-order valence-electron chi connectivity index (χ0n) is 6.04. The van der Waals surface area contributed by atoms with E-state index in [0.29, 0.717) is 0 Å². The van der Waals surface area contributed by atoms with Crippen LogP contribution in [-0.4, -0.2) is 9.58 Å². The molecule has 2 rings (SSSR count). The molecule has 0 radical (unpaired) electrons. The van der Waals surface area contributed by atoms with Gasteiger partial charge in [-0.2, -0.15) is 0 Å². The fourth-order valence-electron chi connectivity index (χ4n) is 1.47. The average molecular weight is 137 g/mol. The van der Waals surface area contributed by atoms with Crippen LogP contribution in [0.1, 0.15) is 11.1 Å². The van der Waals surface area contributed by atoms with E-state index in [1.807, 2.05) is 12.1 Å². The van der Waals surface area contributed by atoms with Gasteiger partial charge in [0.2, 0.25) is 0 Å². The first-order valence-corrected chi connectivity index (χ1v) is 3.39. The maximum absolute atomic E-state index is 5.60. The van der Waals surface area contributed by atoms with E-state index in [1.165, 1.54) is 11.1 Å². The number of hydrazine groups is 1. The highest BCUT2D eigenvalue weighted by molar-refractivity contribution is 5.27. The predicted octanol–water partition coefficient (Wildman–Crippen LogP) is 0.214. The molecule has 0 spiro atoms. The molecular formula is C7H11N3. The molecule has 2 N–H and O–H groups in total. The number of nitrogens with zero attached hydrogens (tertiary/aromatic N) is 2. The molecule has 0 aliphatic carbocycles. The minimum absolute atomic E-state index is 0.899. The van der Waals surface area contributed by atoms with Gasteiger partial charge < -0.3 is 4.57 Å². The van der Waals surface area contributed by atoms with Crippen molar-refractivity contribution in [3.8, 4) is 0 Å². The highest BCUT2D eigenvalue weighted by Crippen LogP contribution is 2.19. The highest BCUT2D eigenvalue weighted by Gasteiger charge is 2.16. The van der Waals surface area contributed by atoms with Crippen molar-refractivity contribution in [2.75, 3.05) is 0 Å². The molecule has 0 amide bonds. The third-order valence-corrected chi connectivity index (χ3v) is 1.88. The van der Waals surface area contributed by atoms with Gasteiger partial charge in [0.25, 0.3) is 0 Å². The Labute approximate surface area is 60.0 Å². The number of aryl methyl sites for hydroxylation is 1. The molecule has 0 atom stereocenters. The fraction of sp³-hybridized carbons (Fsp3) is 0.429. The molecule has 10 heavy (non-hydrogen) atoms. The first kappa shape index (κ1) is 5.95. The van der Waals surface area contributed by atoms with Crippen LogP contribution < -0.4 is 5.84 Å². The topological polar surface area (TPSA) is 34.2 Å². The van der Waals surface area contributed by atoms with E-state index in [-0.39, 0.29) is 0 Å². The minimum atomic E-state index is 0.899. The summed E-state index contributed by atoms with van der Waals surface area (Å²) in [5.74, 6) is 5.60. The van der Waals surface area contributed by atoms with Gasteiger partial charge in [0.05, 0.1) is 0 Å². The Bertz CT molecular complexity index is 228. The molecule has 0 fully saturated rings. The largest absolute Gasteiger partial charge is 0.357 e. The maximum atomic E-state index is 5.60. The molecule has 1 aliphatic rings. The van der Waals surface area contributed by atoms with E-state index in [9.17, 15) is 0 Å². The summed E-state index contributed by atoms with van der Waals surface area (Å²) >= 11 is 0. The lowest BCUT2D eigenvalue weighted by Gasteiger charge is -2.04. The standard InChI is InChI=1S/C7H11N3/c1-9-2-6-4-10(8)5-7(6)3-9/h2-3H,4-5,8H2,1H3. The van der Waals surface area contributed by atoms with Crippen molar-refractivity contribution in [2.45, 2.75) is 13.1 Å². The van der Waals surface area contributed by atoms with Gasteiger partial charge in [-0.15, -0.1) is 0 Å². The number of fused-ring (bicyclic) bond motifs is 1. The Morgan fingerprint density at radius 3 is 2.30 bits per heavy atom. The van der Waals surface area contributed by atoms with E-state index < -0.39 is 0 Å². The summed E-state index contributed by atoms with van der Waals surface area (Å²) in [7, 11) is 2.04. The van der Waals surface area contributed by atoms with Gasteiger partial charge in [0.1, 0.15) is 0 Å². The number of hydrogen-bond acceptors (Lipinski definition) is 2. The first-order valence-electron chi connectivity index (χ1n) is 3.39. The molecule has 1 aromatic heterocycles. The van der Waals surface area contributed by atoms with Crippen LogP contribution in [0.5, 0.6) is 0 Å². The van der Waals surface area contributed by atoms with Crippen LogP contribution in [0.15, 0.2) is 12.4 Å². The number of aromatic nitrogens is 1. The van der Waals surface area contributed by atoms with E-state index in [1.54, 1.807) is 0 Å². The Balaban J connectivity index is 2.39. The molecule has 2 heterocycles. The predicted molar refractivity (Wildman–Crippen MR) is 38.8 cm³/mol. The van der Waals surface area contributed by atoms with Crippen molar-refractivity contribution < 1.29 is 0 Å². The van der Waals surface area contributed by atoms with E-state index in [4.69, 9.17) is 5.84 Å². The molecule has 1 aliphatic heterocycles. The van der Waals surface area contributed by atoms with Crippen molar-refractivity contribution >= 4 is 0 Å². The third kappa shape index (κ3) is 0.751. The zero-order chi connectivity index (χ0) is 7.14. The fourth-order valence-corrected chi connectivity index (χ4v) is 1.47. The van der Waals surface area contributed by atoms with Crippen LogP contribution in [0.4, 0.5) is 0 Å². The van der Waals surface area contributed by atoms with Gasteiger partial charge >= 0.3 is 0 Å². The number of hydrogen-bond donors (Lipinski definition) is 1. The van der Waals surface area contributed by atoms with Gasteiger partial charge in [-0.1, -0.05) is 0 Å². The second-order valence-corrected chi connectivity index (χ2v) is 2.88. The zero-order valence-corrected chi connectivity index (χ0v) is 6.04. The minimum Gasteiger partial charge on any atom is -0.357 e. The summed E-state index contributed by atoms with van der Waals surface area (Å²) in [5, 5.41) is 1.82. The normalized spacial score (nSPS) is 17.8. The van der Waals surface area contributed by atoms with Crippen molar-refractivity contribution in [3.05, 3.63) is 23.5 Å². The second-order valence-electron chi connectivity index (χ2n) is 2.88. The smallest absolute Gasteiger partial charge is 0.0401 e. The molecule has 0 unspecified atom stereocenters. The summed E-state index contributed by atoms with van der Waals surface area (Å²) in [4.78, 5) is 0. The van der Waals surface area contributed by atoms with E-state index in [0.717, 1.165) is 13.1 Å². The van der Waals surface area contributed by atoms with Crippen LogP contribution in [0.3, 0.4) is 0 Å². The highest BCUT2D eigenvalue weighted by atomic mass is 15.4. The maximum Gasteiger partial charge on any atom is 0.0401 e. The molecule has 0 bridgehead atoms. The lowest BCUT2D eigenvalue weighted by atomic mass is 10.2. The molecule has 54 valence electrons. The average Bonchev–Trinajstić information content (AvgIpc) is 2.21. The lowest BCUT2D eigenvalue weighted by molar-refractivity contribution is 0.294. The molecule has 0 saturated heterocycles. The Morgan fingerprint density at radius 1 is 1.30 bits per heavy atom. The quantitative estimate of drug-likeness (QED) is 0.519. The summed E-state index contributed by atoms with van der Waals surface area (Å²) in [6, 6.07) is 0. The van der Waals surface area contributed by atoms with Crippen LogP contribution in [0.25, 0.3) is 0 Å². The van der Waals surface area contributed by atoms with Gasteiger partial charge in [0, 0.05) is 32.5 Å². The summed E-state index contributed by atoms with van der Waals surface area (Å²) in [6.07, 6.45) is 4.25.